The first-order valence-corrected chi connectivity index (χ1v) is 18.1. The Morgan fingerprint density at radius 1 is 0.812 bits per heavy atom. The summed E-state index contributed by atoms with van der Waals surface area (Å²) in [7, 11) is 0. The molecule has 0 spiro atoms. The summed E-state index contributed by atoms with van der Waals surface area (Å²) >= 11 is 1.51. The summed E-state index contributed by atoms with van der Waals surface area (Å²) < 4.78 is 5.32. The highest BCUT2D eigenvalue weighted by atomic mass is 32.2. The van der Waals surface area contributed by atoms with Crippen molar-refractivity contribution in [2.45, 2.75) is 124 Å². The molecule has 5 unspecified atom stereocenters. The second-order valence-electron chi connectivity index (χ2n) is 14.2. The van der Waals surface area contributed by atoms with Crippen LogP contribution in [0.5, 0.6) is 0 Å². The Labute approximate surface area is 291 Å². The number of nitrogens with one attached hydrogen (secondary N) is 5. The molecule has 0 aliphatic rings. The number of benzene rings is 1. The standard InChI is InChI=1S/C35H59N5O7S/c1-21(2)18-26(27(41)19-28(42)39-29(22(3)4)32(44)36-20-24-14-12-11-13-15-24)38-31(43)25(16-17-48-10)37-33(45)30(23(5)6)40-34(46)47-35(7,8)9/h11-15,21-23,25-27,29-30,41H,16-20H2,1-10H3,(H,36,44)(H,37,45)(H,38,43)(H,39,42)(H,40,46). The molecule has 0 heterocycles. The van der Waals surface area contributed by atoms with Crippen LogP contribution in [0.15, 0.2) is 30.3 Å². The lowest BCUT2D eigenvalue weighted by atomic mass is 9.96. The van der Waals surface area contributed by atoms with Crippen LogP contribution < -0.4 is 26.6 Å². The maximum atomic E-state index is 13.6. The van der Waals surface area contributed by atoms with Crippen LogP contribution in [0.25, 0.3) is 0 Å². The monoisotopic (exact) mass is 693 g/mol. The molecule has 0 aromatic heterocycles. The van der Waals surface area contributed by atoms with E-state index in [4.69, 9.17) is 4.74 Å². The molecule has 48 heavy (non-hydrogen) atoms. The number of carbonyl (C=O) groups is 5. The third-order valence-corrected chi connectivity index (χ3v) is 8.00. The number of ether oxygens (including phenoxy) is 1. The summed E-state index contributed by atoms with van der Waals surface area (Å²) in [4.78, 5) is 65.4. The first kappa shape index (κ1) is 42.7. The van der Waals surface area contributed by atoms with Gasteiger partial charge < -0.3 is 36.4 Å². The first-order chi connectivity index (χ1) is 22.3. The second kappa shape index (κ2) is 20.9. The van der Waals surface area contributed by atoms with Crippen LogP contribution in [0.1, 0.15) is 87.1 Å². The molecular weight excluding hydrogens is 634 g/mol. The quantitative estimate of drug-likeness (QED) is 0.128. The van der Waals surface area contributed by atoms with Crippen LogP contribution in [0, 0.1) is 17.8 Å². The fourth-order valence-corrected chi connectivity index (χ4v) is 5.30. The van der Waals surface area contributed by atoms with E-state index in [0.717, 1.165) is 5.56 Å². The summed E-state index contributed by atoms with van der Waals surface area (Å²) in [6.07, 6.45) is 0.204. The summed E-state index contributed by atoms with van der Waals surface area (Å²) in [5.41, 5.74) is 0.171. The van der Waals surface area contributed by atoms with Crippen LogP contribution in [-0.2, 0) is 30.5 Å². The highest BCUT2D eigenvalue weighted by molar-refractivity contribution is 7.98. The molecule has 13 heteroatoms. The van der Waals surface area contributed by atoms with Crippen molar-refractivity contribution in [3.05, 3.63) is 35.9 Å². The van der Waals surface area contributed by atoms with Gasteiger partial charge in [0.05, 0.1) is 18.6 Å². The molecule has 272 valence electrons. The fraction of sp³-hybridized carbons (Fsp3) is 0.686. The average Bonchev–Trinajstić information content (AvgIpc) is 2.98. The number of alkyl carbamates (subject to hydrolysis) is 1. The summed E-state index contributed by atoms with van der Waals surface area (Å²) in [6, 6.07) is 5.89. The molecule has 0 bridgehead atoms. The molecule has 6 N–H and O–H groups in total. The van der Waals surface area contributed by atoms with Crippen molar-refractivity contribution in [3.8, 4) is 0 Å². The summed E-state index contributed by atoms with van der Waals surface area (Å²) in [5.74, 6) is -1.81. The van der Waals surface area contributed by atoms with Gasteiger partial charge in [-0.25, -0.2) is 4.79 Å². The molecular formula is C35H59N5O7S. The zero-order chi connectivity index (χ0) is 36.6. The van der Waals surface area contributed by atoms with Crippen molar-refractivity contribution in [2.75, 3.05) is 12.0 Å². The lowest BCUT2D eigenvalue weighted by molar-refractivity contribution is -0.133. The second-order valence-corrected chi connectivity index (χ2v) is 15.2. The molecule has 0 saturated carbocycles. The van der Waals surface area contributed by atoms with Gasteiger partial charge in [0.15, 0.2) is 0 Å². The van der Waals surface area contributed by atoms with Crippen LogP contribution in [-0.4, -0.2) is 82.7 Å². The van der Waals surface area contributed by atoms with Gasteiger partial charge in [-0.3, -0.25) is 19.2 Å². The largest absolute Gasteiger partial charge is 0.444 e. The SMILES string of the molecule is CSCCC(NC(=O)C(NC(=O)OC(C)(C)C)C(C)C)C(=O)NC(CC(C)C)C(O)CC(=O)NC(C(=O)NCc1ccccc1)C(C)C. The van der Waals surface area contributed by atoms with E-state index in [9.17, 15) is 29.1 Å². The van der Waals surface area contributed by atoms with Gasteiger partial charge in [0.1, 0.15) is 23.7 Å². The molecule has 0 aliphatic heterocycles. The van der Waals surface area contributed by atoms with E-state index < -0.39 is 59.7 Å². The highest BCUT2D eigenvalue weighted by Crippen LogP contribution is 2.14. The Hall–Kier alpha value is -3.32. The molecule has 12 nitrogen and oxygen atoms in total. The van der Waals surface area contributed by atoms with Gasteiger partial charge in [0.25, 0.3) is 0 Å². The molecule has 0 aliphatic carbocycles. The topological polar surface area (TPSA) is 175 Å². The molecule has 1 rings (SSSR count). The highest BCUT2D eigenvalue weighted by Gasteiger charge is 2.33. The van der Waals surface area contributed by atoms with E-state index >= 15 is 0 Å². The minimum Gasteiger partial charge on any atom is -0.444 e. The van der Waals surface area contributed by atoms with Gasteiger partial charge in [-0.15, -0.1) is 0 Å². The third kappa shape index (κ3) is 16.7. The zero-order valence-electron chi connectivity index (χ0n) is 30.3. The number of amides is 5. The number of thioether (sulfide) groups is 1. The van der Waals surface area contributed by atoms with E-state index in [0.29, 0.717) is 25.1 Å². The predicted octanol–water partition coefficient (Wildman–Crippen LogP) is 3.51. The van der Waals surface area contributed by atoms with Crippen LogP contribution in [0.4, 0.5) is 4.79 Å². The lowest BCUT2D eigenvalue weighted by Gasteiger charge is -2.30. The fourth-order valence-electron chi connectivity index (χ4n) is 4.83. The Balaban J connectivity index is 3.00. The van der Waals surface area contributed by atoms with E-state index in [1.165, 1.54) is 11.8 Å². The van der Waals surface area contributed by atoms with Gasteiger partial charge in [-0.2, -0.15) is 11.8 Å². The summed E-state index contributed by atoms with van der Waals surface area (Å²) in [6.45, 7) is 16.5. The van der Waals surface area contributed by atoms with Crippen molar-refractivity contribution in [1.29, 1.82) is 0 Å². The van der Waals surface area contributed by atoms with Crippen LogP contribution in [0.2, 0.25) is 0 Å². The zero-order valence-corrected chi connectivity index (χ0v) is 31.2. The maximum Gasteiger partial charge on any atom is 0.408 e. The van der Waals surface area contributed by atoms with Crippen LogP contribution in [0.3, 0.4) is 0 Å². The van der Waals surface area contributed by atoms with E-state index in [-0.39, 0.29) is 30.1 Å². The molecule has 1 aromatic carbocycles. The number of aliphatic hydroxyl groups excluding tert-OH is 1. The van der Waals surface area contributed by atoms with Crippen molar-refractivity contribution in [1.82, 2.24) is 26.6 Å². The maximum absolute atomic E-state index is 13.6. The van der Waals surface area contributed by atoms with Gasteiger partial charge in [0, 0.05) is 6.54 Å². The molecule has 1 aromatic rings. The third-order valence-electron chi connectivity index (χ3n) is 7.35. The Morgan fingerprint density at radius 2 is 1.40 bits per heavy atom. The lowest BCUT2D eigenvalue weighted by Crippen LogP contribution is -2.58. The van der Waals surface area contributed by atoms with E-state index in [2.05, 4.69) is 26.6 Å². The molecule has 0 saturated heterocycles. The van der Waals surface area contributed by atoms with Gasteiger partial charge >= 0.3 is 6.09 Å². The number of aliphatic hydroxyl groups is 1. The Kier molecular flexibility index (Phi) is 18.6. The normalized spacial score (nSPS) is 14.8. The predicted molar refractivity (Wildman–Crippen MR) is 190 cm³/mol. The molecule has 5 atom stereocenters. The molecule has 5 amide bonds. The minimum absolute atomic E-state index is 0.0581. The van der Waals surface area contributed by atoms with Gasteiger partial charge in [-0.05, 0) is 68.9 Å². The average molecular weight is 694 g/mol. The van der Waals surface area contributed by atoms with Crippen molar-refractivity contribution >= 4 is 41.5 Å². The minimum atomic E-state index is -1.26. The first-order valence-electron chi connectivity index (χ1n) is 16.7. The molecule has 0 radical (unpaired) electrons. The van der Waals surface area contributed by atoms with E-state index in [1.54, 1.807) is 34.6 Å². The Bertz CT molecular complexity index is 1170. The van der Waals surface area contributed by atoms with E-state index in [1.807, 2.05) is 64.3 Å². The number of rotatable bonds is 19. The van der Waals surface area contributed by atoms with Gasteiger partial charge in [0.2, 0.25) is 23.6 Å². The number of hydrogen-bond donors (Lipinski definition) is 6. The van der Waals surface area contributed by atoms with Crippen molar-refractivity contribution in [3.63, 3.8) is 0 Å². The smallest absolute Gasteiger partial charge is 0.408 e. The van der Waals surface area contributed by atoms with Crippen molar-refractivity contribution in [2.24, 2.45) is 17.8 Å². The number of hydrogen-bond acceptors (Lipinski definition) is 8. The molecule has 0 fully saturated rings. The van der Waals surface area contributed by atoms with Gasteiger partial charge in [-0.1, -0.05) is 71.9 Å². The summed E-state index contributed by atoms with van der Waals surface area (Å²) in [5, 5.41) is 25.0. The number of carbonyl (C=O) groups excluding carboxylic acids is 5. The van der Waals surface area contributed by atoms with Crippen LogP contribution >= 0.6 is 11.8 Å². The Morgan fingerprint density at radius 3 is 1.92 bits per heavy atom. The van der Waals surface area contributed by atoms with Crippen molar-refractivity contribution < 1.29 is 33.8 Å².